The van der Waals surface area contributed by atoms with Gasteiger partial charge >= 0.3 is 7.82 Å². The van der Waals surface area contributed by atoms with Gasteiger partial charge in [0.2, 0.25) is 5.91 Å². The van der Waals surface area contributed by atoms with E-state index in [1.165, 1.54) is 257 Å². The Morgan fingerprint density at radius 2 is 0.698 bits per heavy atom. The number of phosphoric acid groups is 1. The molecule has 504 valence electrons. The molecule has 8 nitrogen and oxygen atoms in total. The van der Waals surface area contributed by atoms with Gasteiger partial charge in [-0.05, 0) is 64.2 Å². The predicted molar refractivity (Wildman–Crippen MR) is 378 cm³/mol. The summed E-state index contributed by atoms with van der Waals surface area (Å²) in [5, 5.41) is 14.2. The number of aliphatic hydroxyl groups excluding tert-OH is 1. The van der Waals surface area contributed by atoms with E-state index in [9.17, 15) is 19.4 Å². The minimum absolute atomic E-state index is 0.0758. The zero-order valence-corrected chi connectivity index (χ0v) is 58.7. The van der Waals surface area contributed by atoms with Crippen LogP contribution in [-0.2, 0) is 18.4 Å². The number of unbranched alkanes of at least 4 members (excludes halogenated alkanes) is 44. The maximum absolute atomic E-state index is 13.1. The van der Waals surface area contributed by atoms with Crippen molar-refractivity contribution in [2.45, 2.75) is 373 Å². The van der Waals surface area contributed by atoms with Crippen molar-refractivity contribution < 1.29 is 32.9 Å². The Morgan fingerprint density at radius 1 is 0.407 bits per heavy atom. The molecule has 0 bridgehead atoms. The summed E-state index contributed by atoms with van der Waals surface area (Å²) in [7, 11) is 1.63. The molecule has 0 fully saturated rings. The number of quaternary nitrogens is 1. The van der Waals surface area contributed by atoms with Crippen LogP contribution in [0.3, 0.4) is 0 Å². The minimum atomic E-state index is -4.33. The molecule has 0 saturated carbocycles. The maximum Gasteiger partial charge on any atom is 0.472 e. The molecule has 0 saturated heterocycles. The zero-order chi connectivity index (χ0) is 62.6. The third-order valence-electron chi connectivity index (χ3n) is 17.0. The number of carbonyl (C=O) groups is 1. The fourth-order valence-electron chi connectivity index (χ4n) is 11.2. The van der Waals surface area contributed by atoms with Gasteiger partial charge < -0.3 is 19.8 Å². The quantitative estimate of drug-likeness (QED) is 0.0243. The summed E-state index contributed by atoms with van der Waals surface area (Å²) >= 11 is 0. The largest absolute Gasteiger partial charge is 0.472 e. The summed E-state index contributed by atoms with van der Waals surface area (Å²) < 4.78 is 23.9. The average Bonchev–Trinajstić information content (AvgIpc) is 3.70. The number of hydrogen-bond acceptors (Lipinski definition) is 5. The van der Waals surface area contributed by atoms with Gasteiger partial charge in [0.1, 0.15) is 13.2 Å². The van der Waals surface area contributed by atoms with Gasteiger partial charge in [0.25, 0.3) is 0 Å². The van der Waals surface area contributed by atoms with Gasteiger partial charge in [-0.3, -0.25) is 13.8 Å². The standard InChI is InChI=1S/C77H145N2O6P/c1-6-8-10-12-14-16-18-20-22-24-26-28-30-31-32-33-34-35-36-37-38-39-40-41-42-43-44-45-46-47-49-51-53-55-57-59-61-63-65-67-69-71-77(81)78-75(74-85-86(82,83)84-73-72-79(3,4)5)76(80)70-68-66-64-62-60-58-56-54-52-50-48-29-27-25-23-21-19-17-15-13-11-9-7-2/h8,10,14,16,20,22,26,28,31-32,34-35,75-76,80H,6-7,9,11-13,15,17-19,21,23-25,27,29-30,33,36-74H2,1-5H3,(H-,78,81,82,83)/p+1/b10-8-,16-14-,22-20-,28-26-,32-31-,35-34-. The molecular weight excluding hydrogens is 1080 g/mol. The topological polar surface area (TPSA) is 105 Å². The molecule has 1 amide bonds. The van der Waals surface area contributed by atoms with Crippen molar-refractivity contribution >= 4 is 13.7 Å². The Morgan fingerprint density at radius 3 is 1.02 bits per heavy atom. The lowest BCUT2D eigenvalue weighted by molar-refractivity contribution is -0.870. The van der Waals surface area contributed by atoms with Crippen LogP contribution in [0.1, 0.15) is 361 Å². The SMILES string of the molecule is CC/C=C\C/C=C\C/C=C\C/C=C\C/C=C\C/C=C\CCCCCCCCCCCCCCCCCCCCCCCCC(=O)NC(COP(=O)(O)OCC[N+](C)(C)C)C(O)CCCCCCCCCCCCCCCCCCCCCCCCC. The smallest absolute Gasteiger partial charge is 0.391 e. The van der Waals surface area contributed by atoms with Crippen molar-refractivity contribution in [3.05, 3.63) is 72.9 Å². The van der Waals surface area contributed by atoms with Crippen LogP contribution in [0, 0.1) is 0 Å². The van der Waals surface area contributed by atoms with E-state index in [2.05, 4.69) is 92.1 Å². The number of amides is 1. The maximum atomic E-state index is 13.1. The number of carbonyl (C=O) groups excluding carboxylic acids is 1. The first-order valence-electron chi connectivity index (χ1n) is 37.3. The van der Waals surface area contributed by atoms with Gasteiger partial charge in [0.05, 0.1) is 39.9 Å². The van der Waals surface area contributed by atoms with Crippen molar-refractivity contribution in [3.63, 3.8) is 0 Å². The Balaban J connectivity index is 3.92. The summed E-state index contributed by atoms with van der Waals surface area (Å²) in [6, 6.07) is -0.762. The summed E-state index contributed by atoms with van der Waals surface area (Å²) in [6.45, 7) is 4.82. The van der Waals surface area contributed by atoms with Crippen LogP contribution in [0.5, 0.6) is 0 Å². The molecule has 0 heterocycles. The van der Waals surface area contributed by atoms with Gasteiger partial charge in [0.15, 0.2) is 0 Å². The van der Waals surface area contributed by atoms with Crippen LogP contribution in [0.2, 0.25) is 0 Å². The third-order valence-corrected chi connectivity index (χ3v) is 18.0. The van der Waals surface area contributed by atoms with Crippen molar-refractivity contribution in [2.75, 3.05) is 40.9 Å². The van der Waals surface area contributed by atoms with E-state index >= 15 is 0 Å². The van der Waals surface area contributed by atoms with Crippen LogP contribution >= 0.6 is 7.82 Å². The van der Waals surface area contributed by atoms with Crippen LogP contribution in [0.25, 0.3) is 0 Å². The van der Waals surface area contributed by atoms with E-state index in [0.29, 0.717) is 23.9 Å². The first-order chi connectivity index (χ1) is 42.0. The first kappa shape index (κ1) is 83.9. The van der Waals surface area contributed by atoms with Gasteiger partial charge in [-0.15, -0.1) is 0 Å². The number of likely N-dealkylation sites (N-methyl/N-ethyl adjacent to an activating group) is 1. The third kappa shape index (κ3) is 69.4. The van der Waals surface area contributed by atoms with Gasteiger partial charge in [-0.25, -0.2) is 4.57 Å². The highest BCUT2D eigenvalue weighted by Gasteiger charge is 2.28. The Hall–Kier alpha value is -2.06. The van der Waals surface area contributed by atoms with Crippen LogP contribution in [0.4, 0.5) is 0 Å². The molecule has 0 aromatic rings. The van der Waals surface area contributed by atoms with E-state index in [1.54, 1.807) is 0 Å². The lowest BCUT2D eigenvalue weighted by Crippen LogP contribution is -2.46. The summed E-state index contributed by atoms with van der Waals surface area (Å²) in [5.74, 6) is -0.138. The molecule has 86 heavy (non-hydrogen) atoms. The average molecular weight is 1230 g/mol. The highest BCUT2D eigenvalue weighted by Crippen LogP contribution is 2.43. The number of hydrogen-bond donors (Lipinski definition) is 3. The number of aliphatic hydroxyl groups is 1. The first-order valence-corrected chi connectivity index (χ1v) is 38.8. The molecular formula is C77H146N2O6P+. The summed E-state index contributed by atoms with van der Waals surface area (Å²) in [4.78, 5) is 23.5. The molecule has 0 radical (unpaired) electrons. The Labute approximate surface area is 535 Å². The monoisotopic (exact) mass is 1230 g/mol. The highest BCUT2D eigenvalue weighted by molar-refractivity contribution is 7.47. The lowest BCUT2D eigenvalue weighted by Gasteiger charge is -2.26. The van der Waals surface area contributed by atoms with Crippen molar-refractivity contribution in [2.24, 2.45) is 0 Å². The molecule has 0 aliphatic carbocycles. The fourth-order valence-corrected chi connectivity index (χ4v) is 12.0. The Kier molecular flexibility index (Phi) is 65.7. The van der Waals surface area contributed by atoms with Gasteiger partial charge in [-0.2, -0.15) is 0 Å². The molecule has 0 spiro atoms. The molecule has 0 aliphatic rings. The van der Waals surface area contributed by atoms with E-state index in [1.807, 2.05) is 21.1 Å². The van der Waals surface area contributed by atoms with Gasteiger partial charge in [0, 0.05) is 6.42 Å². The molecule has 0 aromatic heterocycles. The predicted octanol–water partition coefficient (Wildman–Crippen LogP) is 24.1. The molecule has 0 rings (SSSR count). The second-order valence-electron chi connectivity index (χ2n) is 26.7. The van der Waals surface area contributed by atoms with Gasteiger partial charge in [-0.1, -0.05) is 363 Å². The minimum Gasteiger partial charge on any atom is -0.391 e. The summed E-state index contributed by atoms with van der Waals surface area (Å²) in [6.07, 6.45) is 94.5. The normalized spacial score (nSPS) is 14.0. The molecule has 9 heteroatoms. The Bertz CT molecular complexity index is 1630. The van der Waals surface area contributed by atoms with E-state index in [0.717, 1.165) is 77.0 Å². The van der Waals surface area contributed by atoms with E-state index < -0.39 is 20.0 Å². The van der Waals surface area contributed by atoms with E-state index in [4.69, 9.17) is 9.05 Å². The van der Waals surface area contributed by atoms with Crippen LogP contribution in [0.15, 0.2) is 72.9 Å². The fraction of sp³-hybridized carbons (Fsp3) is 0.831. The second-order valence-corrected chi connectivity index (χ2v) is 28.1. The summed E-state index contributed by atoms with van der Waals surface area (Å²) in [5.41, 5.74) is 0. The van der Waals surface area contributed by atoms with Crippen molar-refractivity contribution in [3.8, 4) is 0 Å². The molecule has 3 atom stereocenters. The van der Waals surface area contributed by atoms with E-state index in [-0.39, 0.29) is 19.1 Å². The molecule has 0 aromatic carbocycles. The van der Waals surface area contributed by atoms with Crippen molar-refractivity contribution in [1.29, 1.82) is 0 Å². The highest BCUT2D eigenvalue weighted by atomic mass is 31.2. The van der Waals surface area contributed by atoms with Crippen LogP contribution < -0.4 is 5.32 Å². The number of nitrogens with one attached hydrogen (secondary N) is 1. The number of nitrogens with zero attached hydrogens (tertiary/aromatic N) is 1. The van der Waals surface area contributed by atoms with Crippen molar-refractivity contribution in [1.82, 2.24) is 5.32 Å². The number of phosphoric ester groups is 1. The number of allylic oxidation sites excluding steroid dienone is 12. The molecule has 3 N–H and O–H groups in total. The molecule has 3 unspecified atom stereocenters. The lowest BCUT2D eigenvalue weighted by atomic mass is 10.0. The molecule has 0 aliphatic heterocycles. The van der Waals surface area contributed by atoms with Crippen LogP contribution in [-0.4, -0.2) is 73.4 Å². The second kappa shape index (κ2) is 67.3. The number of rotatable bonds is 69. The zero-order valence-electron chi connectivity index (χ0n) is 57.8.